The van der Waals surface area contributed by atoms with Crippen molar-refractivity contribution in [1.82, 2.24) is 4.90 Å². The van der Waals surface area contributed by atoms with Crippen LogP contribution >= 0.6 is 0 Å². The third-order valence-electron chi connectivity index (χ3n) is 4.17. The fourth-order valence-electron chi connectivity index (χ4n) is 2.92. The maximum atomic E-state index is 13.0. The molecule has 1 aliphatic heterocycles. The fourth-order valence-corrected chi connectivity index (χ4v) is 2.92. The molecule has 0 aliphatic carbocycles. The molecule has 3 rings (SSSR count). The average Bonchev–Trinajstić information content (AvgIpc) is 2.89. The van der Waals surface area contributed by atoms with Gasteiger partial charge in [0.2, 0.25) is 5.91 Å². The van der Waals surface area contributed by atoms with E-state index >= 15 is 0 Å². The molecule has 0 radical (unpaired) electrons. The number of carbonyl (C=O) groups excluding carboxylic acids is 3. The van der Waals surface area contributed by atoms with Crippen molar-refractivity contribution in [2.45, 2.75) is 12.5 Å². The molecule has 1 heterocycles. The number of nitrogens with zero attached hydrogens (tertiary/aromatic N) is 2. The van der Waals surface area contributed by atoms with Crippen LogP contribution in [0.2, 0.25) is 0 Å². The Kier molecular flexibility index (Phi) is 5.30. The van der Waals surface area contributed by atoms with Gasteiger partial charge in [0.25, 0.3) is 5.91 Å². The standard InChI is InChI=1S/C20H18FN3O3/c1-2-12-23-17(13-18(25)22-15-10-8-14(21)9-11-15)19(26)24(20(23)27)16-6-4-3-5-7-16/h2-11,17H,1,12-13H2,(H,22,25)/t17-/m1/s1. The Morgan fingerprint density at radius 2 is 1.78 bits per heavy atom. The lowest BCUT2D eigenvalue weighted by Gasteiger charge is -2.19. The number of amides is 4. The molecular formula is C20H18FN3O3. The van der Waals surface area contributed by atoms with E-state index in [9.17, 15) is 18.8 Å². The van der Waals surface area contributed by atoms with Crippen LogP contribution in [-0.2, 0) is 9.59 Å². The van der Waals surface area contributed by atoms with E-state index in [0.29, 0.717) is 11.4 Å². The molecule has 2 aromatic rings. The summed E-state index contributed by atoms with van der Waals surface area (Å²) < 4.78 is 13.0. The van der Waals surface area contributed by atoms with E-state index in [-0.39, 0.29) is 13.0 Å². The molecule has 0 bridgehead atoms. The lowest BCUT2D eigenvalue weighted by Crippen LogP contribution is -2.38. The number of urea groups is 1. The Morgan fingerprint density at radius 3 is 2.41 bits per heavy atom. The van der Waals surface area contributed by atoms with E-state index in [4.69, 9.17) is 0 Å². The first-order valence-corrected chi connectivity index (χ1v) is 8.37. The number of benzene rings is 2. The van der Waals surface area contributed by atoms with Gasteiger partial charge in [0.1, 0.15) is 11.9 Å². The highest BCUT2D eigenvalue weighted by Crippen LogP contribution is 2.26. The van der Waals surface area contributed by atoms with Crippen molar-refractivity contribution in [3.8, 4) is 0 Å². The normalized spacial score (nSPS) is 16.6. The monoisotopic (exact) mass is 367 g/mol. The molecule has 4 amide bonds. The molecule has 1 saturated heterocycles. The van der Waals surface area contributed by atoms with Crippen molar-refractivity contribution in [2.75, 3.05) is 16.8 Å². The van der Waals surface area contributed by atoms with Crippen LogP contribution < -0.4 is 10.2 Å². The lowest BCUT2D eigenvalue weighted by molar-refractivity contribution is -0.124. The van der Waals surface area contributed by atoms with Crippen LogP contribution in [0.5, 0.6) is 0 Å². The Balaban J connectivity index is 1.78. The third kappa shape index (κ3) is 3.87. The number of anilines is 2. The molecule has 0 unspecified atom stereocenters. The SMILES string of the molecule is C=CCN1C(=O)N(c2ccccc2)C(=O)[C@H]1CC(=O)Nc1ccc(F)cc1. The molecule has 1 N–H and O–H groups in total. The summed E-state index contributed by atoms with van der Waals surface area (Å²) in [6, 6.07) is 12.4. The number of hydrogen-bond donors (Lipinski definition) is 1. The summed E-state index contributed by atoms with van der Waals surface area (Å²) in [6.45, 7) is 3.75. The highest BCUT2D eigenvalue weighted by atomic mass is 19.1. The first kappa shape index (κ1) is 18.3. The lowest BCUT2D eigenvalue weighted by atomic mass is 10.1. The van der Waals surface area contributed by atoms with Crippen molar-refractivity contribution >= 4 is 29.2 Å². The molecule has 27 heavy (non-hydrogen) atoms. The number of halogens is 1. The molecular weight excluding hydrogens is 349 g/mol. The van der Waals surface area contributed by atoms with Crippen molar-refractivity contribution in [3.63, 3.8) is 0 Å². The van der Waals surface area contributed by atoms with Gasteiger partial charge < -0.3 is 10.2 Å². The van der Waals surface area contributed by atoms with Crippen LogP contribution in [0.1, 0.15) is 6.42 Å². The van der Waals surface area contributed by atoms with E-state index < -0.39 is 29.7 Å². The van der Waals surface area contributed by atoms with Crippen LogP contribution in [0.25, 0.3) is 0 Å². The minimum absolute atomic E-state index is 0.141. The average molecular weight is 367 g/mol. The molecule has 1 fully saturated rings. The first-order valence-electron chi connectivity index (χ1n) is 8.37. The first-order chi connectivity index (χ1) is 13.0. The zero-order valence-corrected chi connectivity index (χ0v) is 14.5. The van der Waals surface area contributed by atoms with Gasteiger partial charge in [0.05, 0.1) is 12.1 Å². The Bertz CT molecular complexity index is 868. The van der Waals surface area contributed by atoms with Gasteiger partial charge in [0, 0.05) is 12.2 Å². The van der Waals surface area contributed by atoms with Crippen LogP contribution in [0.4, 0.5) is 20.6 Å². The van der Waals surface area contributed by atoms with E-state index in [0.717, 1.165) is 4.90 Å². The van der Waals surface area contributed by atoms with E-state index in [1.54, 1.807) is 30.3 Å². The molecule has 7 heteroatoms. The Morgan fingerprint density at radius 1 is 1.11 bits per heavy atom. The molecule has 2 aromatic carbocycles. The number of rotatable bonds is 6. The second-order valence-electron chi connectivity index (χ2n) is 6.01. The number of carbonyl (C=O) groups is 3. The summed E-state index contributed by atoms with van der Waals surface area (Å²) in [4.78, 5) is 40.3. The third-order valence-corrected chi connectivity index (χ3v) is 4.17. The summed E-state index contributed by atoms with van der Waals surface area (Å²) in [5.41, 5.74) is 0.858. The van der Waals surface area contributed by atoms with Gasteiger partial charge in [0.15, 0.2) is 0 Å². The maximum Gasteiger partial charge on any atom is 0.332 e. The van der Waals surface area contributed by atoms with Crippen molar-refractivity contribution in [1.29, 1.82) is 0 Å². The van der Waals surface area contributed by atoms with Gasteiger partial charge in [-0.15, -0.1) is 6.58 Å². The van der Waals surface area contributed by atoms with Crippen molar-refractivity contribution in [2.24, 2.45) is 0 Å². The second kappa shape index (κ2) is 7.82. The topological polar surface area (TPSA) is 69.7 Å². The number of hydrogen-bond acceptors (Lipinski definition) is 3. The molecule has 1 aliphatic rings. The smallest absolute Gasteiger partial charge is 0.326 e. The summed E-state index contributed by atoms with van der Waals surface area (Å²) in [5, 5.41) is 2.61. The molecule has 0 saturated carbocycles. The highest BCUT2D eigenvalue weighted by molar-refractivity contribution is 6.22. The molecule has 0 spiro atoms. The fraction of sp³-hybridized carbons (Fsp3) is 0.150. The zero-order valence-electron chi connectivity index (χ0n) is 14.5. The van der Waals surface area contributed by atoms with Gasteiger partial charge in [-0.05, 0) is 36.4 Å². The molecule has 138 valence electrons. The summed E-state index contributed by atoms with van der Waals surface area (Å²) in [7, 11) is 0. The summed E-state index contributed by atoms with van der Waals surface area (Å²) in [5.74, 6) is -1.33. The minimum atomic E-state index is -0.934. The molecule has 6 nitrogen and oxygen atoms in total. The maximum absolute atomic E-state index is 13.0. The predicted octanol–water partition coefficient (Wildman–Crippen LogP) is 3.18. The van der Waals surface area contributed by atoms with Crippen LogP contribution in [0.15, 0.2) is 67.3 Å². The van der Waals surface area contributed by atoms with Gasteiger partial charge >= 0.3 is 6.03 Å². The quantitative estimate of drug-likeness (QED) is 0.630. The van der Waals surface area contributed by atoms with Gasteiger partial charge in [-0.2, -0.15) is 0 Å². The van der Waals surface area contributed by atoms with E-state index in [2.05, 4.69) is 11.9 Å². The van der Waals surface area contributed by atoms with E-state index in [1.165, 1.54) is 35.2 Å². The predicted molar refractivity (Wildman–Crippen MR) is 99.7 cm³/mol. The Labute approximate surface area is 155 Å². The van der Waals surface area contributed by atoms with Crippen LogP contribution in [0.3, 0.4) is 0 Å². The van der Waals surface area contributed by atoms with Crippen LogP contribution in [-0.4, -0.2) is 35.3 Å². The number of imide groups is 1. The summed E-state index contributed by atoms with van der Waals surface area (Å²) in [6.07, 6.45) is 1.30. The molecule has 0 aromatic heterocycles. The van der Waals surface area contributed by atoms with Gasteiger partial charge in [-0.3, -0.25) is 9.59 Å². The summed E-state index contributed by atoms with van der Waals surface area (Å²) >= 11 is 0. The largest absolute Gasteiger partial charge is 0.332 e. The minimum Gasteiger partial charge on any atom is -0.326 e. The number of nitrogens with one attached hydrogen (secondary N) is 1. The van der Waals surface area contributed by atoms with Gasteiger partial charge in [-0.1, -0.05) is 24.3 Å². The van der Waals surface area contributed by atoms with Crippen LogP contribution in [0, 0.1) is 5.82 Å². The van der Waals surface area contributed by atoms with Crippen molar-refractivity contribution in [3.05, 3.63) is 73.1 Å². The van der Waals surface area contributed by atoms with Gasteiger partial charge in [-0.25, -0.2) is 14.1 Å². The Hall–Kier alpha value is -3.48. The highest BCUT2D eigenvalue weighted by Gasteiger charge is 2.46. The number of para-hydroxylation sites is 1. The molecule has 1 atom stereocenters. The zero-order chi connectivity index (χ0) is 19.4. The van der Waals surface area contributed by atoms with Crippen molar-refractivity contribution < 1.29 is 18.8 Å². The van der Waals surface area contributed by atoms with E-state index in [1.807, 2.05) is 0 Å². The second-order valence-corrected chi connectivity index (χ2v) is 6.01.